The molecule has 1 amide bonds. The van der Waals surface area contributed by atoms with Crippen molar-refractivity contribution in [1.82, 2.24) is 20.1 Å². The van der Waals surface area contributed by atoms with Crippen LogP contribution >= 0.6 is 11.3 Å². The molecule has 8 heteroatoms. The summed E-state index contributed by atoms with van der Waals surface area (Å²) in [5, 5.41) is 7.60. The standard InChI is InChI=1S/C23H28N4O3S/c1-13(2)17-7-9-18(10-8-17)30-12-11-24-21(28)20-16(5)25-22(31-20)19-14(3)15(4)26-27(6)23(19)29/h7-10,13H,11-12H2,1-6H3,(H,24,28). The van der Waals surface area contributed by atoms with Gasteiger partial charge in [-0.1, -0.05) is 26.0 Å². The molecule has 164 valence electrons. The molecule has 31 heavy (non-hydrogen) atoms. The highest BCUT2D eigenvalue weighted by Crippen LogP contribution is 2.28. The molecule has 0 unspecified atom stereocenters. The van der Waals surface area contributed by atoms with Gasteiger partial charge >= 0.3 is 0 Å². The molecule has 3 aromatic rings. The fraction of sp³-hybridized carbons (Fsp3) is 0.391. The third-order valence-corrected chi connectivity index (χ3v) is 6.32. The van der Waals surface area contributed by atoms with Gasteiger partial charge in [0.05, 0.1) is 23.5 Å². The first-order chi connectivity index (χ1) is 14.7. The van der Waals surface area contributed by atoms with Crippen molar-refractivity contribution in [2.75, 3.05) is 13.2 Å². The van der Waals surface area contributed by atoms with Crippen molar-refractivity contribution in [3.05, 3.63) is 62.0 Å². The van der Waals surface area contributed by atoms with Gasteiger partial charge in [0, 0.05) is 7.05 Å². The number of nitrogens with one attached hydrogen (secondary N) is 1. The second-order valence-electron chi connectivity index (χ2n) is 7.78. The lowest BCUT2D eigenvalue weighted by Crippen LogP contribution is -2.27. The normalized spacial score (nSPS) is 11.1. The molecule has 2 aromatic heterocycles. The van der Waals surface area contributed by atoms with E-state index in [-0.39, 0.29) is 11.5 Å². The largest absolute Gasteiger partial charge is 0.492 e. The van der Waals surface area contributed by atoms with E-state index < -0.39 is 0 Å². The lowest BCUT2D eigenvalue weighted by molar-refractivity contribution is 0.0950. The zero-order valence-electron chi connectivity index (χ0n) is 18.8. The molecule has 0 aliphatic rings. The molecule has 0 atom stereocenters. The molecule has 0 aliphatic carbocycles. The Hall–Kier alpha value is -3.00. The molecule has 0 bridgehead atoms. The maximum absolute atomic E-state index is 12.7. The second-order valence-corrected chi connectivity index (χ2v) is 8.77. The van der Waals surface area contributed by atoms with Crippen molar-refractivity contribution >= 4 is 17.2 Å². The van der Waals surface area contributed by atoms with Crippen LogP contribution in [0.25, 0.3) is 10.6 Å². The zero-order chi connectivity index (χ0) is 22.7. The van der Waals surface area contributed by atoms with Crippen molar-refractivity contribution in [3.63, 3.8) is 0 Å². The number of hydrogen-bond acceptors (Lipinski definition) is 6. The minimum absolute atomic E-state index is 0.222. The van der Waals surface area contributed by atoms with Crippen molar-refractivity contribution in [2.24, 2.45) is 7.05 Å². The lowest BCUT2D eigenvalue weighted by atomic mass is 10.0. The van der Waals surface area contributed by atoms with Gasteiger partial charge < -0.3 is 10.1 Å². The molecule has 0 aliphatic heterocycles. The van der Waals surface area contributed by atoms with Crippen LogP contribution < -0.4 is 15.6 Å². The van der Waals surface area contributed by atoms with Crippen LogP contribution in [0.3, 0.4) is 0 Å². The van der Waals surface area contributed by atoms with E-state index in [0.717, 1.165) is 17.0 Å². The Bertz CT molecular complexity index is 1150. The monoisotopic (exact) mass is 440 g/mol. The lowest BCUT2D eigenvalue weighted by Gasteiger charge is -2.09. The summed E-state index contributed by atoms with van der Waals surface area (Å²) in [6, 6.07) is 7.98. The zero-order valence-corrected chi connectivity index (χ0v) is 19.6. The van der Waals surface area contributed by atoms with Crippen LogP contribution in [0.1, 0.15) is 52.0 Å². The van der Waals surface area contributed by atoms with Gasteiger partial charge in [-0.25, -0.2) is 9.67 Å². The Kier molecular flexibility index (Phi) is 6.90. The highest BCUT2D eigenvalue weighted by molar-refractivity contribution is 7.17. The van der Waals surface area contributed by atoms with Crippen molar-refractivity contribution in [1.29, 1.82) is 0 Å². The Balaban J connectivity index is 1.65. The Labute approximate surface area is 186 Å². The van der Waals surface area contributed by atoms with Gasteiger partial charge in [-0.2, -0.15) is 5.10 Å². The number of carbonyl (C=O) groups excluding carboxylic acids is 1. The Morgan fingerprint density at radius 1 is 1.16 bits per heavy atom. The van der Waals surface area contributed by atoms with Gasteiger partial charge in [-0.15, -0.1) is 11.3 Å². The number of aryl methyl sites for hydroxylation is 3. The molecule has 0 spiro atoms. The first kappa shape index (κ1) is 22.7. The van der Waals surface area contributed by atoms with Gasteiger partial charge in [-0.05, 0) is 49.9 Å². The number of amides is 1. The number of thiazole rings is 1. The molecule has 1 aromatic carbocycles. The molecule has 7 nitrogen and oxygen atoms in total. The Morgan fingerprint density at radius 3 is 2.48 bits per heavy atom. The molecule has 1 N–H and O–H groups in total. The number of ether oxygens (including phenoxy) is 1. The summed E-state index contributed by atoms with van der Waals surface area (Å²) < 4.78 is 7.02. The number of nitrogens with zero attached hydrogens (tertiary/aromatic N) is 3. The molecular formula is C23H28N4O3S. The van der Waals surface area contributed by atoms with Crippen LogP contribution in [0.4, 0.5) is 0 Å². The number of aromatic nitrogens is 3. The number of hydrogen-bond donors (Lipinski definition) is 1. The van der Waals surface area contributed by atoms with Gasteiger partial charge in [0.2, 0.25) is 0 Å². The van der Waals surface area contributed by atoms with E-state index >= 15 is 0 Å². The summed E-state index contributed by atoms with van der Waals surface area (Å²) in [6.07, 6.45) is 0. The topological polar surface area (TPSA) is 86.1 Å². The van der Waals surface area contributed by atoms with Crippen LogP contribution in [0, 0.1) is 20.8 Å². The number of rotatable bonds is 7. The van der Waals surface area contributed by atoms with E-state index in [1.807, 2.05) is 38.1 Å². The van der Waals surface area contributed by atoms with Crippen LogP contribution in [-0.2, 0) is 7.05 Å². The van der Waals surface area contributed by atoms with Gasteiger partial charge in [0.1, 0.15) is 22.2 Å². The number of benzene rings is 1. The maximum Gasteiger partial charge on any atom is 0.277 e. The molecular weight excluding hydrogens is 412 g/mol. The van der Waals surface area contributed by atoms with Crippen LogP contribution in [-0.4, -0.2) is 33.8 Å². The average molecular weight is 441 g/mol. The van der Waals surface area contributed by atoms with E-state index in [1.54, 1.807) is 14.0 Å². The van der Waals surface area contributed by atoms with Gasteiger partial charge in [0.15, 0.2) is 0 Å². The van der Waals surface area contributed by atoms with Crippen molar-refractivity contribution < 1.29 is 9.53 Å². The average Bonchev–Trinajstić information content (AvgIpc) is 3.11. The quantitative estimate of drug-likeness (QED) is 0.566. The predicted molar refractivity (Wildman–Crippen MR) is 123 cm³/mol. The smallest absolute Gasteiger partial charge is 0.277 e. The molecule has 0 fully saturated rings. The number of carbonyl (C=O) groups is 1. The van der Waals surface area contributed by atoms with E-state index in [0.29, 0.717) is 40.2 Å². The van der Waals surface area contributed by atoms with E-state index in [9.17, 15) is 9.59 Å². The summed E-state index contributed by atoms with van der Waals surface area (Å²) in [4.78, 5) is 30.2. The van der Waals surface area contributed by atoms with Crippen molar-refractivity contribution in [2.45, 2.75) is 40.5 Å². The van der Waals surface area contributed by atoms with E-state index in [2.05, 4.69) is 29.2 Å². The summed E-state index contributed by atoms with van der Waals surface area (Å²) in [5.41, 5.74) is 3.66. The second kappa shape index (κ2) is 9.43. The SMILES string of the molecule is Cc1nc(-c2c(C)c(C)nn(C)c2=O)sc1C(=O)NCCOc1ccc(C(C)C)cc1. The van der Waals surface area contributed by atoms with Gasteiger partial charge in [0.25, 0.3) is 11.5 Å². The maximum atomic E-state index is 12.7. The highest BCUT2D eigenvalue weighted by atomic mass is 32.1. The predicted octanol–water partition coefficient (Wildman–Crippen LogP) is 3.76. The first-order valence-corrected chi connectivity index (χ1v) is 11.0. The molecule has 3 rings (SSSR count). The third kappa shape index (κ3) is 5.02. The molecule has 0 saturated carbocycles. The van der Waals surface area contributed by atoms with Crippen LogP contribution in [0.2, 0.25) is 0 Å². The summed E-state index contributed by atoms with van der Waals surface area (Å²) in [5.74, 6) is 1.02. The summed E-state index contributed by atoms with van der Waals surface area (Å²) >= 11 is 1.22. The van der Waals surface area contributed by atoms with Crippen molar-refractivity contribution in [3.8, 4) is 16.3 Å². The summed E-state index contributed by atoms with van der Waals surface area (Å²) in [6.45, 7) is 10.5. The Morgan fingerprint density at radius 2 is 1.84 bits per heavy atom. The fourth-order valence-corrected chi connectivity index (χ4v) is 4.25. The minimum atomic E-state index is -0.222. The molecule has 0 radical (unpaired) electrons. The summed E-state index contributed by atoms with van der Waals surface area (Å²) in [7, 11) is 1.61. The highest BCUT2D eigenvalue weighted by Gasteiger charge is 2.20. The first-order valence-electron chi connectivity index (χ1n) is 10.2. The van der Waals surface area contributed by atoms with E-state index in [1.165, 1.54) is 21.6 Å². The molecule has 2 heterocycles. The van der Waals surface area contributed by atoms with Gasteiger partial charge in [-0.3, -0.25) is 9.59 Å². The van der Waals surface area contributed by atoms with Crippen LogP contribution in [0.15, 0.2) is 29.1 Å². The fourth-order valence-electron chi connectivity index (χ4n) is 3.18. The van der Waals surface area contributed by atoms with E-state index in [4.69, 9.17) is 4.74 Å². The third-order valence-electron chi connectivity index (χ3n) is 5.15. The molecule has 0 saturated heterocycles. The van der Waals surface area contributed by atoms with Crippen LogP contribution in [0.5, 0.6) is 5.75 Å². The minimum Gasteiger partial charge on any atom is -0.492 e.